The molecule has 6 N–H and O–H groups in total. The van der Waals surface area contributed by atoms with Gasteiger partial charge in [0, 0.05) is 0 Å². The molecule has 2 atom stereocenters. The molecule has 0 aromatic rings. The third kappa shape index (κ3) is 4.45. The Kier molecular flexibility index (Phi) is 5.36. The number of hydrogen-bond donors (Lipinski definition) is 3. The Bertz CT molecular complexity index is 223. The van der Waals surface area contributed by atoms with Crippen LogP contribution in [0.5, 0.6) is 0 Å². The number of carbonyl (C=O) groups excluding carboxylic acids is 2. The standard InChI is InChI=1S/C9H19N3O2/c1-6(11)8(13)9(14)7(12)4-2-3-5-10/h6-7H,2-5,10-12H2,1H3/t6-,7+/m1/s1/i/hD. The zero-order valence-electron chi connectivity index (χ0n) is 9.45. The Hall–Kier alpha value is -0.780. The third-order valence-electron chi connectivity index (χ3n) is 1.94. The second-order valence-electron chi connectivity index (χ2n) is 3.34. The lowest BCUT2D eigenvalue weighted by atomic mass is 10.0. The van der Waals surface area contributed by atoms with Gasteiger partial charge in [0.1, 0.15) is 1.41 Å². The van der Waals surface area contributed by atoms with Crippen LogP contribution in [-0.2, 0) is 9.59 Å². The summed E-state index contributed by atoms with van der Waals surface area (Å²) in [5, 5.41) is 0. The smallest absolute Gasteiger partial charge is 0.216 e. The average Bonchev–Trinajstić information content (AvgIpc) is 2.26. The zero-order valence-corrected chi connectivity index (χ0v) is 8.45. The lowest BCUT2D eigenvalue weighted by Crippen LogP contribution is -2.43. The highest BCUT2D eigenvalue weighted by atomic mass is 16.2. The zero-order chi connectivity index (χ0) is 11.8. The molecule has 0 saturated heterocycles. The average molecular weight is 202 g/mol. The molecular formula is C9H19N3O2. The molecule has 0 bridgehead atoms. The van der Waals surface area contributed by atoms with Crippen molar-refractivity contribution in [3.05, 3.63) is 0 Å². The maximum atomic E-state index is 11.4. The van der Waals surface area contributed by atoms with E-state index in [1.807, 2.05) is 5.73 Å². The van der Waals surface area contributed by atoms with Gasteiger partial charge in [0.25, 0.3) is 0 Å². The van der Waals surface area contributed by atoms with E-state index in [9.17, 15) is 9.59 Å². The number of ketones is 2. The molecule has 5 heteroatoms. The highest BCUT2D eigenvalue weighted by Crippen LogP contribution is 2.00. The first kappa shape index (κ1) is 11.3. The fraction of sp³-hybridized carbons (Fsp3) is 0.778. The summed E-state index contributed by atoms with van der Waals surface area (Å²) in [6.45, 7) is 2.01. The SMILES string of the molecule is [2H]N[C@H](C)C(=O)C(=O)[C@@H](N)CCCCN. The van der Waals surface area contributed by atoms with E-state index in [2.05, 4.69) is 0 Å². The summed E-state index contributed by atoms with van der Waals surface area (Å²) in [7, 11) is 0. The van der Waals surface area contributed by atoms with Crippen LogP contribution in [0.2, 0.25) is 1.41 Å². The van der Waals surface area contributed by atoms with Gasteiger partial charge in [-0.1, -0.05) is 6.42 Å². The Morgan fingerprint density at radius 2 is 2.00 bits per heavy atom. The molecule has 0 aromatic heterocycles. The van der Waals surface area contributed by atoms with Gasteiger partial charge in [-0.25, -0.2) is 0 Å². The van der Waals surface area contributed by atoms with Crippen LogP contribution < -0.4 is 17.2 Å². The van der Waals surface area contributed by atoms with E-state index in [-0.39, 0.29) is 0 Å². The van der Waals surface area contributed by atoms with Crippen molar-refractivity contribution in [1.29, 1.82) is 0 Å². The Balaban J connectivity index is 4.02. The van der Waals surface area contributed by atoms with E-state index in [1.54, 1.807) is 0 Å². The Morgan fingerprint density at radius 1 is 1.36 bits per heavy atom. The topological polar surface area (TPSA) is 112 Å². The molecule has 0 saturated carbocycles. The molecule has 0 aromatic carbocycles. The summed E-state index contributed by atoms with van der Waals surface area (Å²) >= 11 is 0. The second kappa shape index (κ2) is 6.64. The summed E-state index contributed by atoms with van der Waals surface area (Å²) in [6, 6.07) is -1.56. The number of hydrogen-bond acceptors (Lipinski definition) is 5. The number of unbranched alkanes of at least 4 members (excludes halogenated alkanes) is 1. The lowest BCUT2D eigenvalue weighted by Gasteiger charge is -2.10. The van der Waals surface area contributed by atoms with Crippen molar-refractivity contribution < 1.29 is 11.0 Å². The van der Waals surface area contributed by atoms with E-state index in [1.165, 1.54) is 6.92 Å². The number of carbonyl (C=O) groups is 2. The predicted molar refractivity (Wildman–Crippen MR) is 54.5 cm³/mol. The normalized spacial score (nSPS) is 15.8. The quantitative estimate of drug-likeness (QED) is 0.342. The third-order valence-corrected chi connectivity index (χ3v) is 1.94. The molecule has 0 fully saturated rings. The maximum Gasteiger partial charge on any atom is 0.216 e. The van der Waals surface area contributed by atoms with Crippen molar-refractivity contribution in [3.63, 3.8) is 0 Å². The first-order valence-corrected chi connectivity index (χ1v) is 4.75. The fourth-order valence-corrected chi connectivity index (χ4v) is 1.04. The molecule has 5 nitrogen and oxygen atoms in total. The monoisotopic (exact) mass is 202 g/mol. The summed E-state index contributed by atoms with van der Waals surface area (Å²) in [5.41, 5.74) is 12.8. The molecule has 0 aliphatic rings. The molecule has 82 valence electrons. The van der Waals surface area contributed by atoms with Crippen LogP contribution in [0.1, 0.15) is 26.2 Å². The van der Waals surface area contributed by atoms with E-state index < -0.39 is 23.7 Å². The summed E-state index contributed by atoms with van der Waals surface area (Å²) in [5.74, 6) is -1.25. The van der Waals surface area contributed by atoms with Gasteiger partial charge in [-0.2, -0.15) is 0 Å². The van der Waals surface area contributed by atoms with Crippen molar-refractivity contribution in [2.45, 2.75) is 38.3 Å². The minimum Gasteiger partial charge on any atom is -0.330 e. The highest BCUT2D eigenvalue weighted by Gasteiger charge is 2.23. The minimum atomic E-state index is -0.793. The van der Waals surface area contributed by atoms with Crippen molar-refractivity contribution in [3.8, 4) is 0 Å². The van der Waals surface area contributed by atoms with E-state index in [0.29, 0.717) is 13.0 Å². The maximum absolute atomic E-state index is 11.4. The van der Waals surface area contributed by atoms with Crippen LogP contribution in [0, 0.1) is 0 Å². The van der Waals surface area contributed by atoms with Crippen LogP contribution in [0.25, 0.3) is 0 Å². The summed E-state index contributed by atoms with van der Waals surface area (Å²) in [6.07, 6.45) is 1.99. The van der Waals surface area contributed by atoms with Crippen LogP contribution in [0.3, 0.4) is 0 Å². The van der Waals surface area contributed by atoms with E-state index >= 15 is 0 Å². The van der Waals surface area contributed by atoms with Gasteiger partial charge >= 0.3 is 0 Å². The van der Waals surface area contributed by atoms with Crippen LogP contribution in [0.15, 0.2) is 0 Å². The van der Waals surface area contributed by atoms with Crippen LogP contribution >= 0.6 is 0 Å². The summed E-state index contributed by atoms with van der Waals surface area (Å²) < 4.78 is 6.76. The molecule has 0 rings (SSSR count). The van der Waals surface area contributed by atoms with Gasteiger partial charge in [0.2, 0.25) is 11.6 Å². The second-order valence-corrected chi connectivity index (χ2v) is 3.34. The van der Waals surface area contributed by atoms with Gasteiger partial charge in [0.15, 0.2) is 0 Å². The molecule has 0 aliphatic heterocycles. The minimum absolute atomic E-state index is 0.465. The van der Waals surface area contributed by atoms with E-state index in [0.717, 1.165) is 12.8 Å². The van der Waals surface area contributed by atoms with Crippen molar-refractivity contribution in [2.24, 2.45) is 17.2 Å². The Morgan fingerprint density at radius 3 is 2.50 bits per heavy atom. The molecule has 0 unspecified atom stereocenters. The van der Waals surface area contributed by atoms with Gasteiger partial charge < -0.3 is 17.2 Å². The van der Waals surface area contributed by atoms with Gasteiger partial charge in [0.05, 0.1) is 12.1 Å². The van der Waals surface area contributed by atoms with Crippen LogP contribution in [0.4, 0.5) is 0 Å². The first-order chi connectivity index (χ1) is 7.04. The predicted octanol–water partition coefficient (Wildman–Crippen LogP) is -1.07. The first-order valence-electron chi connectivity index (χ1n) is 5.25. The van der Waals surface area contributed by atoms with Crippen molar-refractivity contribution in [1.82, 2.24) is 0 Å². The fourth-order valence-electron chi connectivity index (χ4n) is 1.04. The van der Waals surface area contributed by atoms with Crippen molar-refractivity contribution >= 4 is 11.6 Å². The van der Waals surface area contributed by atoms with Crippen LogP contribution in [-0.4, -0.2) is 30.2 Å². The molecule has 0 aliphatic carbocycles. The number of Topliss-reactive ketones (excluding diaryl/α,β-unsaturated/α-hetero) is 2. The van der Waals surface area contributed by atoms with Gasteiger partial charge in [-0.15, -0.1) is 0 Å². The van der Waals surface area contributed by atoms with Crippen molar-refractivity contribution in [2.75, 3.05) is 6.54 Å². The molecule has 0 spiro atoms. The number of rotatable bonds is 8. The Labute approximate surface area is 85.5 Å². The summed E-state index contributed by atoms with van der Waals surface area (Å²) in [4.78, 5) is 22.7. The largest absolute Gasteiger partial charge is 0.330 e. The molecule has 0 radical (unpaired) electrons. The molecular weight excluding hydrogens is 182 g/mol. The molecule has 0 amide bonds. The lowest BCUT2D eigenvalue weighted by molar-refractivity contribution is -0.137. The molecule has 0 heterocycles. The van der Waals surface area contributed by atoms with E-state index in [4.69, 9.17) is 12.9 Å². The number of nitrogens with two attached hydrogens (primary N) is 3. The highest BCUT2D eigenvalue weighted by molar-refractivity contribution is 6.40. The van der Waals surface area contributed by atoms with Gasteiger partial charge in [-0.3, -0.25) is 9.59 Å². The molecule has 14 heavy (non-hydrogen) atoms. The van der Waals surface area contributed by atoms with Gasteiger partial charge in [-0.05, 0) is 26.3 Å².